The second kappa shape index (κ2) is 8.71. The van der Waals surface area contributed by atoms with Gasteiger partial charge in [-0.15, -0.1) is 0 Å². The average molecular weight is 348 g/mol. The van der Waals surface area contributed by atoms with Crippen LogP contribution in [-0.4, -0.2) is 19.6 Å². The molecule has 0 fully saturated rings. The third-order valence-electron chi connectivity index (χ3n) is 3.72. The first-order valence-corrected chi connectivity index (χ1v) is 8.24. The lowest BCUT2D eigenvalue weighted by atomic mass is 10.1. The topological polar surface area (TPSA) is 47.6 Å². The van der Waals surface area contributed by atoms with E-state index >= 15 is 0 Å². The van der Waals surface area contributed by atoms with Crippen LogP contribution in [-0.2, 0) is 11.3 Å². The van der Waals surface area contributed by atoms with Crippen LogP contribution in [0.1, 0.15) is 41.4 Å². The van der Waals surface area contributed by atoms with Crippen LogP contribution in [0.4, 0.5) is 0 Å². The lowest BCUT2D eigenvalue weighted by Crippen LogP contribution is -2.26. The van der Waals surface area contributed by atoms with Crippen molar-refractivity contribution >= 4 is 17.5 Å². The quantitative estimate of drug-likeness (QED) is 0.808. The molecule has 0 aliphatic heterocycles. The maximum absolute atomic E-state index is 12.5. The minimum absolute atomic E-state index is 0.118. The largest absolute Gasteiger partial charge is 0.496 e. The van der Waals surface area contributed by atoms with Gasteiger partial charge in [0, 0.05) is 22.8 Å². The molecule has 0 aliphatic rings. The van der Waals surface area contributed by atoms with E-state index in [1.807, 2.05) is 38.1 Å². The fraction of sp³-hybridized carbons (Fsp3) is 0.316. The van der Waals surface area contributed by atoms with E-state index in [1.165, 1.54) is 0 Å². The summed E-state index contributed by atoms with van der Waals surface area (Å²) >= 11 is 5.89. The molecule has 1 N–H and O–H groups in total. The SMILES string of the molecule is CCOCc1cc(C(=O)N[C@H](C)c2ccc(Cl)cc2)ccc1OC. The number of benzene rings is 2. The molecule has 0 unspecified atom stereocenters. The molecule has 1 atom stereocenters. The first-order valence-electron chi connectivity index (χ1n) is 7.86. The molecule has 4 nitrogen and oxygen atoms in total. The highest BCUT2D eigenvalue weighted by atomic mass is 35.5. The Morgan fingerprint density at radius 1 is 1.21 bits per heavy atom. The number of ether oxygens (including phenoxy) is 2. The van der Waals surface area contributed by atoms with E-state index in [0.717, 1.165) is 11.1 Å². The van der Waals surface area contributed by atoms with Crippen molar-refractivity contribution < 1.29 is 14.3 Å². The first kappa shape index (κ1) is 18.3. The Kier molecular flexibility index (Phi) is 6.64. The smallest absolute Gasteiger partial charge is 0.251 e. The first-order chi connectivity index (χ1) is 11.5. The van der Waals surface area contributed by atoms with Gasteiger partial charge >= 0.3 is 0 Å². The Morgan fingerprint density at radius 2 is 1.92 bits per heavy atom. The Labute approximate surface area is 147 Å². The van der Waals surface area contributed by atoms with Crippen molar-refractivity contribution in [1.29, 1.82) is 0 Å². The van der Waals surface area contributed by atoms with Gasteiger partial charge in [0.15, 0.2) is 0 Å². The predicted octanol–water partition coefficient (Wildman–Crippen LogP) is 4.38. The predicted molar refractivity (Wildman–Crippen MR) is 95.7 cm³/mol. The summed E-state index contributed by atoms with van der Waals surface area (Å²) in [5, 5.41) is 3.66. The number of amides is 1. The van der Waals surface area contributed by atoms with Crippen molar-refractivity contribution in [3.8, 4) is 5.75 Å². The van der Waals surface area contributed by atoms with E-state index < -0.39 is 0 Å². The fourth-order valence-electron chi connectivity index (χ4n) is 2.36. The van der Waals surface area contributed by atoms with Crippen molar-refractivity contribution in [2.75, 3.05) is 13.7 Å². The van der Waals surface area contributed by atoms with Crippen molar-refractivity contribution in [2.45, 2.75) is 26.5 Å². The highest BCUT2D eigenvalue weighted by molar-refractivity contribution is 6.30. The summed E-state index contributed by atoms with van der Waals surface area (Å²) in [4.78, 5) is 12.5. The number of carbonyl (C=O) groups excluding carboxylic acids is 1. The normalized spacial score (nSPS) is 11.8. The van der Waals surface area contributed by atoms with Gasteiger partial charge in [-0.25, -0.2) is 0 Å². The van der Waals surface area contributed by atoms with Gasteiger partial charge in [0.2, 0.25) is 0 Å². The van der Waals surface area contributed by atoms with Gasteiger partial charge in [-0.05, 0) is 49.7 Å². The number of hydrogen-bond donors (Lipinski definition) is 1. The van der Waals surface area contributed by atoms with E-state index in [0.29, 0.717) is 29.5 Å². The molecule has 0 heterocycles. The van der Waals surface area contributed by atoms with Gasteiger partial charge < -0.3 is 14.8 Å². The zero-order chi connectivity index (χ0) is 17.5. The third kappa shape index (κ3) is 4.73. The molecular formula is C19H22ClNO3. The summed E-state index contributed by atoms with van der Waals surface area (Å²) < 4.78 is 10.7. The molecule has 0 aliphatic carbocycles. The van der Waals surface area contributed by atoms with Crippen LogP contribution in [0.5, 0.6) is 5.75 Å². The van der Waals surface area contributed by atoms with Crippen molar-refractivity contribution in [2.24, 2.45) is 0 Å². The maximum atomic E-state index is 12.5. The van der Waals surface area contributed by atoms with Crippen molar-refractivity contribution in [3.05, 3.63) is 64.2 Å². The van der Waals surface area contributed by atoms with E-state index in [2.05, 4.69) is 5.32 Å². The van der Waals surface area contributed by atoms with Crippen LogP contribution in [0.2, 0.25) is 5.02 Å². The van der Waals surface area contributed by atoms with E-state index in [1.54, 1.807) is 25.3 Å². The molecule has 2 aromatic rings. The molecule has 5 heteroatoms. The summed E-state index contributed by atoms with van der Waals surface area (Å²) in [5.74, 6) is 0.573. The zero-order valence-electron chi connectivity index (χ0n) is 14.1. The van der Waals surface area contributed by atoms with Crippen LogP contribution in [0, 0.1) is 0 Å². The van der Waals surface area contributed by atoms with E-state index in [9.17, 15) is 4.79 Å². The van der Waals surface area contributed by atoms with E-state index in [4.69, 9.17) is 21.1 Å². The number of rotatable bonds is 7. The van der Waals surface area contributed by atoms with Gasteiger partial charge in [0.25, 0.3) is 5.91 Å². The lowest BCUT2D eigenvalue weighted by molar-refractivity contribution is 0.0939. The number of hydrogen-bond acceptors (Lipinski definition) is 3. The van der Waals surface area contributed by atoms with Crippen LogP contribution < -0.4 is 10.1 Å². The van der Waals surface area contributed by atoms with E-state index in [-0.39, 0.29) is 11.9 Å². The van der Waals surface area contributed by atoms with Crippen molar-refractivity contribution in [1.82, 2.24) is 5.32 Å². The molecule has 0 saturated carbocycles. The Hall–Kier alpha value is -2.04. The maximum Gasteiger partial charge on any atom is 0.251 e. The average Bonchev–Trinajstić information content (AvgIpc) is 2.60. The van der Waals surface area contributed by atoms with Crippen molar-refractivity contribution in [3.63, 3.8) is 0 Å². The number of carbonyl (C=O) groups is 1. The molecule has 0 bridgehead atoms. The van der Waals surface area contributed by atoms with Crippen LogP contribution in [0.25, 0.3) is 0 Å². The summed E-state index contributed by atoms with van der Waals surface area (Å²) in [6.07, 6.45) is 0. The van der Waals surface area contributed by atoms with Gasteiger partial charge in [-0.3, -0.25) is 4.79 Å². The Bertz CT molecular complexity index is 686. The third-order valence-corrected chi connectivity index (χ3v) is 3.97. The highest BCUT2D eigenvalue weighted by Crippen LogP contribution is 2.22. The molecule has 0 aromatic heterocycles. The monoisotopic (exact) mass is 347 g/mol. The minimum atomic E-state index is -0.141. The fourth-order valence-corrected chi connectivity index (χ4v) is 2.49. The van der Waals surface area contributed by atoms with Gasteiger partial charge in [0.1, 0.15) is 5.75 Å². The minimum Gasteiger partial charge on any atom is -0.496 e. The summed E-state index contributed by atoms with van der Waals surface area (Å²) in [6.45, 7) is 4.88. The molecule has 0 saturated heterocycles. The molecule has 128 valence electrons. The summed E-state index contributed by atoms with van der Waals surface area (Å²) in [6, 6.07) is 12.7. The number of methoxy groups -OCH3 is 1. The molecule has 24 heavy (non-hydrogen) atoms. The molecule has 0 radical (unpaired) electrons. The molecule has 2 aromatic carbocycles. The molecule has 2 rings (SSSR count). The Morgan fingerprint density at radius 3 is 2.54 bits per heavy atom. The molecule has 1 amide bonds. The van der Waals surface area contributed by atoms with Crippen LogP contribution in [0.15, 0.2) is 42.5 Å². The Balaban J connectivity index is 2.12. The summed E-state index contributed by atoms with van der Waals surface area (Å²) in [5.41, 5.74) is 2.42. The number of nitrogens with one attached hydrogen (secondary N) is 1. The second-order valence-corrected chi connectivity index (χ2v) is 5.85. The number of halogens is 1. The van der Waals surface area contributed by atoms with Gasteiger partial charge in [0.05, 0.1) is 19.8 Å². The van der Waals surface area contributed by atoms with Gasteiger partial charge in [-0.1, -0.05) is 23.7 Å². The van der Waals surface area contributed by atoms with Crippen LogP contribution in [0.3, 0.4) is 0 Å². The zero-order valence-corrected chi connectivity index (χ0v) is 14.9. The molecular weight excluding hydrogens is 326 g/mol. The van der Waals surface area contributed by atoms with Gasteiger partial charge in [-0.2, -0.15) is 0 Å². The second-order valence-electron chi connectivity index (χ2n) is 5.41. The molecule has 0 spiro atoms. The lowest BCUT2D eigenvalue weighted by Gasteiger charge is -2.16. The standard InChI is InChI=1S/C19H22ClNO3/c1-4-24-12-16-11-15(7-10-18(16)23-3)19(22)21-13(2)14-5-8-17(20)9-6-14/h5-11,13H,4,12H2,1-3H3,(H,21,22)/t13-/m1/s1. The highest BCUT2D eigenvalue weighted by Gasteiger charge is 2.14. The summed E-state index contributed by atoms with van der Waals surface area (Å²) in [7, 11) is 1.60. The van der Waals surface area contributed by atoms with Crippen LogP contribution >= 0.6 is 11.6 Å².